The molecule has 148 valence electrons. The number of aliphatic imine (C=N–C) groups is 1. The van der Waals surface area contributed by atoms with Crippen LogP contribution in [0.2, 0.25) is 0 Å². The molecule has 2 bridgehead atoms. The normalized spacial score (nSPS) is 42.7. The van der Waals surface area contributed by atoms with Gasteiger partial charge in [-0.25, -0.2) is 18.1 Å². The van der Waals surface area contributed by atoms with Crippen molar-refractivity contribution < 1.29 is 13.2 Å². The van der Waals surface area contributed by atoms with Gasteiger partial charge in [0.1, 0.15) is 11.4 Å². The predicted molar refractivity (Wildman–Crippen MR) is 104 cm³/mol. The van der Waals surface area contributed by atoms with E-state index in [-0.39, 0.29) is 17.7 Å². The van der Waals surface area contributed by atoms with E-state index < -0.39 is 15.3 Å². The molecule has 4 saturated carbocycles. The van der Waals surface area contributed by atoms with Crippen molar-refractivity contribution in [3.63, 3.8) is 0 Å². The second-order valence-electron chi connectivity index (χ2n) is 9.22. The van der Waals surface area contributed by atoms with E-state index >= 15 is 0 Å². The Balaban J connectivity index is 1.45. The van der Waals surface area contributed by atoms with Gasteiger partial charge in [-0.3, -0.25) is 0 Å². The van der Waals surface area contributed by atoms with Crippen molar-refractivity contribution in [1.82, 2.24) is 4.72 Å². The number of fused-ring (bicyclic) bond motifs is 4. The fourth-order valence-corrected chi connectivity index (χ4v) is 7.28. The third-order valence-corrected chi connectivity index (χ3v) is 9.34. The Morgan fingerprint density at radius 1 is 1.08 bits per heavy atom. The fraction of sp³-hybridized carbons (Fsp3) is 0.950. The highest BCUT2D eigenvalue weighted by Gasteiger charge is 2.50. The first-order chi connectivity index (χ1) is 12.5. The summed E-state index contributed by atoms with van der Waals surface area (Å²) in [6, 6.07) is 0.286. The van der Waals surface area contributed by atoms with Crippen molar-refractivity contribution in [3.8, 4) is 0 Å². The average molecular weight is 383 g/mol. The lowest BCUT2D eigenvalue weighted by atomic mass is 9.56. The standard InChI is InChI=1S/C20H34N2O3S/c1-2-3-6-9-19-10-13-20(14-11-19,15-12-19)21-18-22-26(23,24)17-8-5-4-7-16(17)25-18/h16-17H,2-15H2,1H3,(H,21,22). The molecule has 26 heavy (non-hydrogen) atoms. The Hall–Kier alpha value is -0.780. The van der Waals surface area contributed by atoms with Crippen molar-refractivity contribution in [1.29, 1.82) is 0 Å². The van der Waals surface area contributed by atoms with Gasteiger partial charge in [0.25, 0.3) is 6.02 Å². The van der Waals surface area contributed by atoms with Crippen LogP contribution in [0.3, 0.4) is 0 Å². The monoisotopic (exact) mass is 382 g/mol. The Labute approximate surface area is 158 Å². The van der Waals surface area contributed by atoms with Gasteiger partial charge in [0.15, 0.2) is 0 Å². The van der Waals surface area contributed by atoms with E-state index in [0.717, 1.165) is 38.5 Å². The molecule has 1 heterocycles. The number of amidine groups is 1. The molecule has 1 aliphatic heterocycles. The molecule has 5 nitrogen and oxygen atoms in total. The van der Waals surface area contributed by atoms with E-state index in [0.29, 0.717) is 11.8 Å². The van der Waals surface area contributed by atoms with E-state index in [2.05, 4.69) is 11.6 Å². The minimum absolute atomic E-state index is 0.0914. The minimum atomic E-state index is -3.34. The maximum Gasteiger partial charge on any atom is 0.299 e. The van der Waals surface area contributed by atoms with Crippen LogP contribution in [0, 0.1) is 5.41 Å². The lowest BCUT2D eigenvalue weighted by Gasteiger charge is -2.52. The maximum atomic E-state index is 12.6. The van der Waals surface area contributed by atoms with Crippen LogP contribution < -0.4 is 4.72 Å². The molecule has 0 spiro atoms. The van der Waals surface area contributed by atoms with Crippen LogP contribution in [0.1, 0.15) is 96.8 Å². The zero-order valence-electron chi connectivity index (χ0n) is 16.1. The van der Waals surface area contributed by atoms with E-state index in [1.807, 2.05) is 0 Å². The SMILES string of the molecule is CCCCCC12CCC(N=C3NS(=O)(=O)C4CCCCC4O3)(CC1)CC2. The van der Waals surface area contributed by atoms with E-state index in [1.165, 1.54) is 44.9 Å². The molecule has 6 heteroatoms. The first-order valence-corrected chi connectivity index (χ1v) is 12.3. The minimum Gasteiger partial charge on any atom is -0.460 e. The summed E-state index contributed by atoms with van der Waals surface area (Å²) in [5.74, 6) is 0. The highest BCUT2D eigenvalue weighted by Crippen LogP contribution is 2.56. The van der Waals surface area contributed by atoms with Gasteiger partial charge < -0.3 is 4.74 Å². The van der Waals surface area contributed by atoms with Crippen LogP contribution in [0.4, 0.5) is 0 Å². The van der Waals surface area contributed by atoms with Crippen LogP contribution in [0.25, 0.3) is 0 Å². The van der Waals surface area contributed by atoms with Crippen molar-refractivity contribution in [3.05, 3.63) is 0 Å². The molecule has 1 N–H and O–H groups in total. The van der Waals surface area contributed by atoms with E-state index in [9.17, 15) is 8.42 Å². The van der Waals surface area contributed by atoms with Gasteiger partial charge in [0.2, 0.25) is 10.0 Å². The number of nitrogens with zero attached hydrogens (tertiary/aromatic N) is 1. The lowest BCUT2D eigenvalue weighted by Crippen LogP contribution is -2.55. The Morgan fingerprint density at radius 3 is 2.46 bits per heavy atom. The molecule has 0 radical (unpaired) electrons. The van der Waals surface area contributed by atoms with E-state index in [4.69, 9.17) is 9.73 Å². The molecule has 2 atom stereocenters. The molecule has 0 aromatic heterocycles. The Kier molecular flexibility index (Phi) is 4.99. The summed E-state index contributed by atoms with van der Waals surface area (Å²) < 4.78 is 33.9. The topological polar surface area (TPSA) is 67.8 Å². The number of nitrogens with one attached hydrogen (secondary N) is 1. The van der Waals surface area contributed by atoms with Gasteiger partial charge in [0.05, 0.1) is 5.54 Å². The number of unbranched alkanes of at least 4 members (excludes halogenated alkanes) is 2. The summed E-state index contributed by atoms with van der Waals surface area (Å²) in [7, 11) is -3.34. The number of rotatable bonds is 5. The summed E-state index contributed by atoms with van der Waals surface area (Å²) in [6.45, 7) is 2.27. The molecule has 5 aliphatic rings. The fourth-order valence-electron chi connectivity index (χ4n) is 5.72. The first kappa shape index (κ1) is 18.6. The second kappa shape index (κ2) is 6.99. The molecular weight excluding hydrogens is 348 g/mol. The molecule has 4 aliphatic carbocycles. The van der Waals surface area contributed by atoms with Crippen LogP contribution in [0.15, 0.2) is 4.99 Å². The number of hydrogen-bond donors (Lipinski definition) is 1. The summed E-state index contributed by atoms with van der Waals surface area (Å²) in [5, 5.41) is -0.392. The third kappa shape index (κ3) is 3.50. The zero-order chi connectivity index (χ0) is 18.3. The number of ether oxygens (including phenoxy) is 1. The maximum absolute atomic E-state index is 12.6. The van der Waals surface area contributed by atoms with Gasteiger partial charge in [0, 0.05) is 0 Å². The average Bonchev–Trinajstić information content (AvgIpc) is 2.63. The Bertz CT molecular complexity index is 633. The third-order valence-electron chi connectivity index (χ3n) is 7.54. The van der Waals surface area contributed by atoms with Gasteiger partial charge in [-0.1, -0.05) is 32.6 Å². The lowest BCUT2D eigenvalue weighted by molar-refractivity contribution is 0.0333. The van der Waals surface area contributed by atoms with Crippen molar-refractivity contribution >= 4 is 16.0 Å². The second-order valence-corrected chi connectivity index (χ2v) is 11.1. The van der Waals surface area contributed by atoms with Crippen LogP contribution in [-0.4, -0.2) is 31.3 Å². The number of hydrogen-bond acceptors (Lipinski definition) is 4. The molecule has 0 aromatic rings. The predicted octanol–water partition coefficient (Wildman–Crippen LogP) is 4.28. The van der Waals surface area contributed by atoms with Gasteiger partial charge in [-0.2, -0.15) is 0 Å². The smallest absolute Gasteiger partial charge is 0.299 e. The first-order valence-electron chi connectivity index (χ1n) is 10.7. The van der Waals surface area contributed by atoms with Crippen molar-refractivity contribution in [2.24, 2.45) is 10.4 Å². The molecule has 2 unspecified atom stereocenters. The quantitative estimate of drug-likeness (QED) is 0.722. The van der Waals surface area contributed by atoms with Crippen molar-refractivity contribution in [2.75, 3.05) is 0 Å². The highest BCUT2D eigenvalue weighted by atomic mass is 32.2. The molecule has 5 fully saturated rings. The summed E-state index contributed by atoms with van der Waals surface area (Å²) in [6.07, 6.45) is 15.7. The number of sulfonamides is 1. The largest absolute Gasteiger partial charge is 0.460 e. The van der Waals surface area contributed by atoms with Gasteiger partial charge in [-0.05, 0) is 69.6 Å². The summed E-state index contributed by atoms with van der Waals surface area (Å²) in [5.41, 5.74) is 0.449. The molecular formula is C20H34N2O3S. The van der Waals surface area contributed by atoms with E-state index in [1.54, 1.807) is 0 Å². The Morgan fingerprint density at radius 2 is 1.77 bits per heavy atom. The molecule has 5 rings (SSSR count). The summed E-state index contributed by atoms with van der Waals surface area (Å²) in [4.78, 5) is 4.90. The van der Waals surface area contributed by atoms with Crippen LogP contribution >= 0.6 is 0 Å². The highest BCUT2D eigenvalue weighted by molar-refractivity contribution is 7.90. The van der Waals surface area contributed by atoms with Crippen LogP contribution in [0.5, 0.6) is 0 Å². The molecule has 0 aromatic carbocycles. The molecule has 0 amide bonds. The molecule has 1 saturated heterocycles. The van der Waals surface area contributed by atoms with Gasteiger partial charge >= 0.3 is 0 Å². The zero-order valence-corrected chi connectivity index (χ0v) is 17.0. The van der Waals surface area contributed by atoms with Crippen molar-refractivity contribution in [2.45, 2.75) is 114 Å². The summed E-state index contributed by atoms with van der Waals surface area (Å²) >= 11 is 0. The van der Waals surface area contributed by atoms with Crippen LogP contribution in [-0.2, 0) is 14.8 Å². The van der Waals surface area contributed by atoms with Gasteiger partial charge in [-0.15, -0.1) is 0 Å².